The molecule has 0 atom stereocenters. The van der Waals surface area contributed by atoms with E-state index in [0.717, 1.165) is 6.42 Å². The number of hydrogen-bond donors (Lipinski definition) is 5. The van der Waals surface area contributed by atoms with Gasteiger partial charge >= 0.3 is 40.0 Å². The third-order valence-corrected chi connectivity index (χ3v) is 3.51. The quantitative estimate of drug-likeness (QED) is 0.118. The number of aliphatic hydroxyl groups excluding tert-OH is 1. The normalized spacial score (nSPS) is 10.3. The molecule has 0 aliphatic rings. The fourth-order valence-electron chi connectivity index (χ4n) is 2.31. The topological polar surface area (TPSA) is 149 Å². The van der Waals surface area contributed by atoms with Crippen LogP contribution in [0.5, 0.6) is 0 Å². The summed E-state index contributed by atoms with van der Waals surface area (Å²) in [4.78, 5) is 0. The minimum absolute atomic E-state index is 0. The molecule has 0 saturated carbocycles. The van der Waals surface area contributed by atoms with Crippen molar-refractivity contribution in [3.05, 3.63) is 0 Å². The van der Waals surface area contributed by atoms with Crippen LogP contribution in [0.25, 0.3) is 0 Å². The molecule has 0 bridgehead atoms. The summed E-state index contributed by atoms with van der Waals surface area (Å²) in [5.74, 6) is 0. The molecule has 8 nitrogen and oxygen atoms in total. The van der Waals surface area contributed by atoms with Gasteiger partial charge in [0.05, 0.1) is 0 Å². The van der Waals surface area contributed by atoms with Gasteiger partial charge in [0.25, 0.3) is 11.0 Å². The van der Waals surface area contributed by atoms with E-state index in [-0.39, 0.29) is 29.6 Å². The van der Waals surface area contributed by atoms with Gasteiger partial charge in [-0.25, -0.2) is 8.42 Å². The van der Waals surface area contributed by atoms with Crippen molar-refractivity contribution < 1.29 is 35.6 Å². The average molecular weight is 447 g/mol. The van der Waals surface area contributed by atoms with Crippen LogP contribution in [0.1, 0.15) is 96.8 Å². The monoisotopic (exact) mass is 446 g/mol. The van der Waals surface area contributed by atoms with Gasteiger partial charge in [-0.05, 0) is 6.42 Å². The molecule has 164 valence electrons. The molecule has 0 fully saturated rings. The maximum absolute atomic E-state index is 8.74. The van der Waals surface area contributed by atoms with E-state index in [4.69, 9.17) is 35.6 Å². The Morgan fingerprint density at radius 2 is 0.852 bits per heavy atom. The van der Waals surface area contributed by atoms with Gasteiger partial charge in [-0.1, -0.05) is 90.4 Å². The predicted molar refractivity (Wildman–Crippen MR) is 112 cm³/mol. The van der Waals surface area contributed by atoms with E-state index in [1.807, 2.05) is 0 Å². The molecule has 0 radical (unpaired) electrons. The zero-order chi connectivity index (χ0) is 20.7. The summed E-state index contributed by atoms with van der Waals surface area (Å²) in [7, 11) is -7.79. The molecule has 0 amide bonds. The van der Waals surface area contributed by atoms with Gasteiger partial charge in [-0.3, -0.25) is 13.7 Å². The molecule has 4 N–H and O–H groups in total. The summed E-state index contributed by atoms with van der Waals surface area (Å²) in [6.45, 7) is 2.65. The van der Waals surface area contributed by atoms with Crippen LogP contribution < -0.4 is 0 Å². The molecule has 0 spiro atoms. The van der Waals surface area contributed by atoms with E-state index in [9.17, 15) is 0 Å². The molecule has 0 saturated heterocycles. The van der Waals surface area contributed by atoms with Gasteiger partial charge in [0, 0.05) is 6.61 Å². The van der Waals surface area contributed by atoms with Crippen LogP contribution in [0, 0.1) is 0 Å². The van der Waals surface area contributed by atoms with Crippen molar-refractivity contribution in [2.24, 2.45) is 0 Å². The van der Waals surface area contributed by atoms with E-state index in [0.29, 0.717) is 6.61 Å². The first-order chi connectivity index (χ1) is 12.1. The van der Waals surface area contributed by atoms with Gasteiger partial charge in [-0.2, -0.15) is 8.42 Å². The Kier molecular flexibility index (Phi) is 37.7. The first-order valence-corrected chi connectivity index (χ1v) is 11.8. The third-order valence-electron chi connectivity index (χ3n) is 3.51. The van der Waals surface area contributed by atoms with Crippen LogP contribution in [0.15, 0.2) is 0 Å². The van der Waals surface area contributed by atoms with Gasteiger partial charge < -0.3 is 5.11 Å². The predicted octanol–water partition coefficient (Wildman–Crippen LogP) is 3.23. The summed E-state index contributed by atoms with van der Waals surface area (Å²) in [6.07, 6.45) is 19.2. The number of aliphatic hydroxyl groups is 1. The van der Waals surface area contributed by atoms with Crippen LogP contribution in [-0.4, -0.2) is 71.8 Å². The van der Waals surface area contributed by atoms with Gasteiger partial charge in [-0.15, -0.1) is 0 Å². The zero-order valence-electron chi connectivity index (χ0n) is 15.9. The molecule has 0 unspecified atom stereocenters. The van der Waals surface area contributed by atoms with Crippen molar-refractivity contribution in [1.82, 2.24) is 0 Å². The summed E-state index contributed by atoms with van der Waals surface area (Å²) in [5.41, 5.74) is 0. The van der Waals surface area contributed by atoms with Gasteiger partial charge in [0.1, 0.15) is 0 Å². The van der Waals surface area contributed by atoms with Crippen LogP contribution in [0.2, 0.25) is 0 Å². The van der Waals surface area contributed by atoms with E-state index < -0.39 is 21.4 Å². The first-order valence-electron chi connectivity index (χ1n) is 9.29. The number of rotatable bonds is 14. The van der Waals surface area contributed by atoms with Gasteiger partial charge in [0.15, 0.2) is 0 Å². The maximum atomic E-state index is 8.74. The van der Waals surface area contributed by atoms with E-state index in [1.165, 1.54) is 83.5 Å². The molecule has 0 rings (SSSR count). The fraction of sp³-hybridized carbons (Fsp3) is 1.00. The molecule has 0 aromatic carbocycles. The van der Waals surface area contributed by atoms with E-state index in [2.05, 4.69) is 6.92 Å². The van der Waals surface area contributed by atoms with Crippen molar-refractivity contribution in [2.75, 3.05) is 6.61 Å². The average Bonchev–Trinajstić information content (AvgIpc) is 2.50. The molecular weight excluding hydrogens is 407 g/mol. The van der Waals surface area contributed by atoms with Crippen molar-refractivity contribution >= 4 is 50.9 Å². The van der Waals surface area contributed by atoms with E-state index in [1.54, 1.807) is 0 Å². The van der Waals surface area contributed by atoms with Crippen LogP contribution in [0.4, 0.5) is 0 Å². The first kappa shape index (κ1) is 35.2. The molecule has 0 heterocycles. The molecule has 0 aliphatic heterocycles. The van der Waals surface area contributed by atoms with E-state index >= 15 is 0 Å². The molecule has 0 aromatic rings. The number of unbranched alkanes of at least 4 members (excludes halogenated alkanes) is 13. The second-order valence-corrected chi connectivity index (χ2v) is 7.38. The Morgan fingerprint density at radius 3 is 1.04 bits per heavy atom. The minimum atomic E-state index is -4.67. The summed E-state index contributed by atoms with van der Waals surface area (Å²) >= 11 is 0. The fourth-order valence-corrected chi connectivity index (χ4v) is 2.31. The molecular formula is C16H39NaO8S2. The van der Waals surface area contributed by atoms with Crippen molar-refractivity contribution in [3.8, 4) is 0 Å². The van der Waals surface area contributed by atoms with Crippen molar-refractivity contribution in [2.45, 2.75) is 96.8 Å². The van der Waals surface area contributed by atoms with Gasteiger partial charge in [0.2, 0.25) is 0 Å². The third kappa shape index (κ3) is 75.3. The number of hydrogen-bond acceptors (Lipinski definition) is 5. The summed E-state index contributed by atoms with van der Waals surface area (Å²) in [6, 6.07) is 0. The second-order valence-electron chi connectivity index (χ2n) is 6.01. The summed E-state index contributed by atoms with van der Waals surface area (Å²) in [5, 5.41) is 8.64. The van der Waals surface area contributed by atoms with Crippen LogP contribution in [-0.2, 0) is 21.4 Å². The van der Waals surface area contributed by atoms with Crippen LogP contribution >= 0.6 is 0 Å². The molecule has 27 heavy (non-hydrogen) atoms. The SMILES string of the molecule is CCCCCCCCCCCCCCCCO.O=S(=O)(O)O.O=[SH](=O)O.[NaH]. The number of thiol groups is 1. The molecule has 0 aliphatic carbocycles. The Labute approximate surface area is 189 Å². The van der Waals surface area contributed by atoms with Crippen LogP contribution in [0.3, 0.4) is 0 Å². The Morgan fingerprint density at radius 1 is 0.667 bits per heavy atom. The Bertz CT molecular complexity index is 398. The van der Waals surface area contributed by atoms with Crippen molar-refractivity contribution in [1.29, 1.82) is 0 Å². The molecule has 0 aromatic heterocycles. The zero-order valence-corrected chi connectivity index (χ0v) is 17.6. The standard InChI is InChI=1S/C16H34O.Na.H2O4S.H2O3S.H/c1-2-3-4-5-6-7-8-9-10-11-12-13-14-15-16-17;;1-5(2,3)4;1-4(2)3;/h17H,2-16H2,1H3;;(H2,1,2,3,4);4H,(H,1,2,3);. The Balaban J connectivity index is -0.000000220. The Hall–Kier alpha value is 0.740. The molecule has 11 heteroatoms. The second kappa shape index (κ2) is 28.9. The van der Waals surface area contributed by atoms with Crippen molar-refractivity contribution in [3.63, 3.8) is 0 Å². The summed E-state index contributed by atoms with van der Waals surface area (Å²) < 4.78 is 55.8.